The summed E-state index contributed by atoms with van der Waals surface area (Å²) in [5.41, 5.74) is 7.98. The maximum absolute atomic E-state index is 10.0. The fraction of sp³-hybridized carbons (Fsp3) is 0.278. The van der Waals surface area contributed by atoms with Gasteiger partial charge in [0, 0.05) is 18.4 Å². The number of aryl methyl sites for hydroxylation is 1. The van der Waals surface area contributed by atoms with E-state index in [1.54, 1.807) is 26.2 Å². The Kier molecular flexibility index (Phi) is 4.77. The van der Waals surface area contributed by atoms with Crippen molar-refractivity contribution in [3.05, 3.63) is 48.4 Å². The molecule has 0 unspecified atom stereocenters. The van der Waals surface area contributed by atoms with Gasteiger partial charge in [0.05, 0.1) is 29.4 Å². The minimum Gasteiger partial charge on any atom is -0.394 e. The van der Waals surface area contributed by atoms with Gasteiger partial charge in [-0.15, -0.1) is 0 Å². The number of anilines is 5. The number of aliphatic hydroxyl groups is 1. The van der Waals surface area contributed by atoms with E-state index in [0.717, 1.165) is 23.5 Å². The number of nitrogen functional groups attached to an aromatic ring is 1. The molecule has 0 fully saturated rings. The third-order valence-corrected chi connectivity index (χ3v) is 3.88. The Balaban J connectivity index is 1.77. The monoisotopic (exact) mass is 353 g/mol. The number of nitrogens with two attached hydrogens (primary N) is 1. The molecule has 0 amide bonds. The Morgan fingerprint density at radius 1 is 1.12 bits per heavy atom. The van der Waals surface area contributed by atoms with E-state index >= 15 is 0 Å². The molecular formula is C18H23N7O. The fourth-order valence-corrected chi connectivity index (χ4v) is 2.38. The van der Waals surface area contributed by atoms with Gasteiger partial charge in [0.1, 0.15) is 0 Å². The van der Waals surface area contributed by atoms with Crippen molar-refractivity contribution in [2.75, 3.05) is 16.4 Å². The molecule has 0 aliphatic carbocycles. The molecule has 2 aromatic heterocycles. The molecule has 3 aromatic rings. The van der Waals surface area contributed by atoms with E-state index in [2.05, 4.69) is 25.7 Å². The molecule has 1 aromatic carbocycles. The summed E-state index contributed by atoms with van der Waals surface area (Å²) in [6.07, 6.45) is 5.14. The second-order valence-corrected chi connectivity index (χ2v) is 6.47. The largest absolute Gasteiger partial charge is 0.394 e. The lowest BCUT2D eigenvalue weighted by atomic mass is 9.98. The summed E-state index contributed by atoms with van der Waals surface area (Å²) in [6.45, 7) is 6.30. The summed E-state index contributed by atoms with van der Waals surface area (Å²) in [7, 11) is 0. The van der Waals surface area contributed by atoms with Crippen LogP contribution >= 0.6 is 0 Å². The Bertz CT molecular complexity index is 881. The molecule has 0 aliphatic rings. The topological polar surface area (TPSA) is 114 Å². The first kappa shape index (κ1) is 17.7. The number of hydrogen-bond acceptors (Lipinski definition) is 7. The number of nitrogens with zero attached hydrogens (tertiary/aromatic N) is 4. The Hall–Kier alpha value is -3.13. The average Bonchev–Trinajstić information content (AvgIpc) is 3.05. The van der Waals surface area contributed by atoms with Gasteiger partial charge in [-0.1, -0.05) is 12.1 Å². The predicted molar refractivity (Wildman–Crippen MR) is 103 cm³/mol. The van der Waals surface area contributed by atoms with Crippen LogP contribution in [0.3, 0.4) is 0 Å². The van der Waals surface area contributed by atoms with Crippen LogP contribution in [0, 0.1) is 0 Å². The minimum absolute atomic E-state index is 0.422. The van der Waals surface area contributed by atoms with Crippen LogP contribution in [-0.4, -0.2) is 24.9 Å². The zero-order valence-corrected chi connectivity index (χ0v) is 15.1. The molecule has 0 bridgehead atoms. The summed E-state index contributed by atoms with van der Waals surface area (Å²) >= 11 is 0. The summed E-state index contributed by atoms with van der Waals surface area (Å²) in [6, 6.07) is 7.45. The highest BCUT2D eigenvalue weighted by atomic mass is 16.3. The summed E-state index contributed by atoms with van der Waals surface area (Å²) in [5.74, 6) is 0.923. The van der Waals surface area contributed by atoms with E-state index in [1.807, 2.05) is 42.1 Å². The van der Waals surface area contributed by atoms with Gasteiger partial charge in [0.25, 0.3) is 0 Å². The van der Waals surface area contributed by atoms with E-state index in [1.165, 1.54) is 0 Å². The fourth-order valence-electron chi connectivity index (χ4n) is 2.38. The molecule has 26 heavy (non-hydrogen) atoms. The zero-order chi connectivity index (χ0) is 18.7. The van der Waals surface area contributed by atoms with Crippen LogP contribution in [-0.2, 0) is 12.1 Å². The van der Waals surface area contributed by atoms with Crippen LogP contribution in [0.25, 0.3) is 0 Å². The smallest absolute Gasteiger partial charge is 0.229 e. The predicted octanol–water partition coefficient (Wildman–Crippen LogP) is 2.99. The lowest BCUT2D eigenvalue weighted by Crippen LogP contribution is -2.15. The zero-order valence-electron chi connectivity index (χ0n) is 15.1. The van der Waals surface area contributed by atoms with Gasteiger partial charge in [0.2, 0.25) is 5.95 Å². The van der Waals surface area contributed by atoms with Crippen molar-refractivity contribution in [3.63, 3.8) is 0 Å². The minimum atomic E-state index is -0.882. The first-order valence-corrected chi connectivity index (χ1v) is 8.37. The van der Waals surface area contributed by atoms with Crippen molar-refractivity contribution in [1.29, 1.82) is 0 Å². The Morgan fingerprint density at radius 3 is 2.46 bits per heavy atom. The molecule has 136 valence electrons. The van der Waals surface area contributed by atoms with Crippen LogP contribution in [0.2, 0.25) is 0 Å². The van der Waals surface area contributed by atoms with Crippen molar-refractivity contribution in [3.8, 4) is 0 Å². The van der Waals surface area contributed by atoms with Gasteiger partial charge in [-0.2, -0.15) is 10.1 Å². The van der Waals surface area contributed by atoms with E-state index < -0.39 is 5.60 Å². The van der Waals surface area contributed by atoms with Gasteiger partial charge in [-0.05, 0) is 38.5 Å². The van der Waals surface area contributed by atoms with Gasteiger partial charge in [-0.25, -0.2) is 4.98 Å². The van der Waals surface area contributed by atoms with Crippen LogP contribution in [0.1, 0.15) is 26.3 Å². The summed E-state index contributed by atoms with van der Waals surface area (Å²) in [4.78, 5) is 8.62. The van der Waals surface area contributed by atoms with E-state index in [0.29, 0.717) is 17.5 Å². The first-order valence-electron chi connectivity index (χ1n) is 8.37. The lowest BCUT2D eigenvalue weighted by Gasteiger charge is -2.18. The molecule has 0 aliphatic heterocycles. The number of benzene rings is 1. The van der Waals surface area contributed by atoms with E-state index in [4.69, 9.17) is 5.73 Å². The highest BCUT2D eigenvalue weighted by molar-refractivity contribution is 5.70. The normalized spacial score (nSPS) is 11.4. The van der Waals surface area contributed by atoms with Gasteiger partial charge < -0.3 is 21.5 Å². The molecule has 0 spiro atoms. The van der Waals surface area contributed by atoms with E-state index in [-0.39, 0.29) is 0 Å². The van der Waals surface area contributed by atoms with E-state index in [9.17, 15) is 5.11 Å². The molecule has 5 N–H and O–H groups in total. The van der Waals surface area contributed by atoms with Gasteiger partial charge >= 0.3 is 0 Å². The van der Waals surface area contributed by atoms with Gasteiger partial charge in [0.15, 0.2) is 5.82 Å². The maximum Gasteiger partial charge on any atom is 0.229 e. The number of nitrogens with one attached hydrogen (secondary N) is 2. The molecule has 8 heteroatoms. The number of rotatable bonds is 6. The SMILES string of the molecule is CCn1cc(Nc2ncc(N)c(Nc3ccc(C(C)(C)O)cc3)n2)cn1. The second kappa shape index (κ2) is 7.01. The summed E-state index contributed by atoms with van der Waals surface area (Å²) in [5, 5.41) is 20.5. The third kappa shape index (κ3) is 4.09. The number of hydrogen-bond donors (Lipinski definition) is 4. The van der Waals surface area contributed by atoms with Crippen molar-refractivity contribution >= 4 is 28.8 Å². The molecule has 0 saturated carbocycles. The van der Waals surface area contributed by atoms with Crippen molar-refractivity contribution in [2.45, 2.75) is 32.9 Å². The van der Waals surface area contributed by atoms with Crippen molar-refractivity contribution in [1.82, 2.24) is 19.7 Å². The van der Waals surface area contributed by atoms with Crippen molar-refractivity contribution < 1.29 is 5.11 Å². The molecule has 0 saturated heterocycles. The Morgan fingerprint density at radius 2 is 1.85 bits per heavy atom. The highest BCUT2D eigenvalue weighted by Crippen LogP contribution is 2.25. The highest BCUT2D eigenvalue weighted by Gasteiger charge is 2.15. The second-order valence-electron chi connectivity index (χ2n) is 6.47. The average molecular weight is 353 g/mol. The van der Waals surface area contributed by atoms with Crippen LogP contribution in [0.15, 0.2) is 42.9 Å². The van der Waals surface area contributed by atoms with Crippen LogP contribution in [0.5, 0.6) is 0 Å². The Labute approximate surface area is 152 Å². The first-order chi connectivity index (χ1) is 12.3. The molecule has 0 radical (unpaired) electrons. The molecular weight excluding hydrogens is 330 g/mol. The lowest BCUT2D eigenvalue weighted by molar-refractivity contribution is 0.0786. The molecule has 2 heterocycles. The summed E-state index contributed by atoms with van der Waals surface area (Å²) < 4.78 is 1.81. The molecule has 3 rings (SSSR count). The quantitative estimate of drug-likeness (QED) is 0.538. The third-order valence-electron chi connectivity index (χ3n) is 3.88. The van der Waals surface area contributed by atoms with Crippen molar-refractivity contribution in [2.24, 2.45) is 0 Å². The van der Waals surface area contributed by atoms with Crippen LogP contribution < -0.4 is 16.4 Å². The van der Waals surface area contributed by atoms with Gasteiger partial charge in [-0.3, -0.25) is 4.68 Å². The number of aromatic nitrogens is 4. The maximum atomic E-state index is 10.0. The standard InChI is InChI=1S/C18H23N7O/c1-4-25-11-14(9-21-25)23-17-20-10-15(19)16(24-17)22-13-7-5-12(6-8-13)18(2,3)26/h5-11,26H,4,19H2,1-3H3,(H2,20,22,23,24). The molecule has 8 nitrogen and oxygen atoms in total. The van der Waals surface area contributed by atoms with Crippen LogP contribution in [0.4, 0.5) is 28.8 Å². The molecule has 0 atom stereocenters.